The Balaban J connectivity index is 2.30. The number of benzene rings is 1. The lowest BCUT2D eigenvalue weighted by Gasteiger charge is -2.26. The van der Waals surface area contributed by atoms with E-state index in [1.807, 2.05) is 6.07 Å². The predicted octanol–water partition coefficient (Wildman–Crippen LogP) is 2.17. The van der Waals surface area contributed by atoms with Crippen LogP contribution in [0.4, 0.5) is 0 Å². The Morgan fingerprint density at radius 2 is 2.43 bits per heavy atom. The summed E-state index contributed by atoms with van der Waals surface area (Å²) in [6.07, 6.45) is 1.05. The van der Waals surface area contributed by atoms with E-state index in [0.717, 1.165) is 18.0 Å². The number of hydrogen-bond donors (Lipinski definition) is 1. The molecule has 76 valence electrons. The molecule has 3 heteroatoms. The second-order valence-corrected chi connectivity index (χ2v) is 3.99. The molecule has 0 amide bonds. The molecule has 2 rings (SSSR count). The molecule has 1 aromatic carbocycles. The Morgan fingerprint density at radius 1 is 1.57 bits per heavy atom. The van der Waals surface area contributed by atoms with Crippen molar-refractivity contribution in [1.29, 1.82) is 0 Å². The van der Waals surface area contributed by atoms with Crippen LogP contribution in [0.15, 0.2) is 18.2 Å². The second kappa shape index (κ2) is 4.30. The van der Waals surface area contributed by atoms with Crippen LogP contribution in [0.2, 0.25) is 5.02 Å². The van der Waals surface area contributed by atoms with E-state index in [-0.39, 0.29) is 0 Å². The van der Waals surface area contributed by atoms with Crippen molar-refractivity contribution < 1.29 is 4.74 Å². The summed E-state index contributed by atoms with van der Waals surface area (Å²) in [5.41, 5.74) is 2.67. The van der Waals surface area contributed by atoms with Gasteiger partial charge in [0.1, 0.15) is 0 Å². The van der Waals surface area contributed by atoms with Crippen molar-refractivity contribution in [1.82, 2.24) is 5.32 Å². The fraction of sp³-hybridized carbons (Fsp3) is 0.455. The number of rotatable bonds is 2. The molecule has 0 fully saturated rings. The fourth-order valence-electron chi connectivity index (χ4n) is 1.94. The molecule has 1 aliphatic rings. The second-order valence-electron chi connectivity index (χ2n) is 3.56. The van der Waals surface area contributed by atoms with E-state index < -0.39 is 0 Å². The molecular weight excluding hydrogens is 198 g/mol. The van der Waals surface area contributed by atoms with Crippen molar-refractivity contribution in [3.8, 4) is 0 Å². The van der Waals surface area contributed by atoms with E-state index in [1.165, 1.54) is 11.1 Å². The van der Waals surface area contributed by atoms with Gasteiger partial charge in [-0.1, -0.05) is 17.7 Å². The van der Waals surface area contributed by atoms with Crippen LogP contribution in [0.3, 0.4) is 0 Å². The SMILES string of the molecule is COCC1NCCc2cc(Cl)ccc21. The molecule has 0 saturated heterocycles. The fourth-order valence-corrected chi connectivity index (χ4v) is 2.13. The van der Waals surface area contributed by atoms with E-state index in [1.54, 1.807) is 7.11 Å². The van der Waals surface area contributed by atoms with Crippen molar-refractivity contribution in [3.63, 3.8) is 0 Å². The standard InChI is InChI=1S/C11H14ClNO/c1-14-7-11-10-3-2-9(12)6-8(10)4-5-13-11/h2-3,6,11,13H,4-5,7H2,1H3. The van der Waals surface area contributed by atoms with Gasteiger partial charge >= 0.3 is 0 Å². The van der Waals surface area contributed by atoms with Crippen molar-refractivity contribution in [2.45, 2.75) is 12.5 Å². The first-order valence-corrected chi connectivity index (χ1v) is 5.19. The van der Waals surface area contributed by atoms with Crippen LogP contribution in [0, 0.1) is 0 Å². The Hall–Kier alpha value is -0.570. The molecule has 1 unspecified atom stereocenters. The molecule has 1 heterocycles. The molecule has 0 aromatic heterocycles. The largest absolute Gasteiger partial charge is 0.383 e. The first-order chi connectivity index (χ1) is 6.81. The van der Waals surface area contributed by atoms with Gasteiger partial charge in [0.15, 0.2) is 0 Å². The third-order valence-electron chi connectivity index (χ3n) is 2.60. The molecule has 0 bridgehead atoms. The van der Waals surface area contributed by atoms with E-state index >= 15 is 0 Å². The van der Waals surface area contributed by atoms with Gasteiger partial charge < -0.3 is 10.1 Å². The quantitative estimate of drug-likeness (QED) is 0.810. The number of hydrogen-bond acceptors (Lipinski definition) is 2. The number of ether oxygens (including phenoxy) is 1. The van der Waals surface area contributed by atoms with Gasteiger partial charge in [-0.2, -0.15) is 0 Å². The lowest BCUT2D eigenvalue weighted by atomic mass is 9.95. The Kier molecular flexibility index (Phi) is 3.06. The highest BCUT2D eigenvalue weighted by atomic mass is 35.5. The minimum absolute atomic E-state index is 0.320. The first-order valence-electron chi connectivity index (χ1n) is 4.82. The maximum absolute atomic E-state index is 5.95. The number of fused-ring (bicyclic) bond motifs is 1. The van der Waals surface area contributed by atoms with Gasteiger partial charge in [0.25, 0.3) is 0 Å². The highest BCUT2D eigenvalue weighted by Crippen LogP contribution is 2.25. The van der Waals surface area contributed by atoms with Crippen molar-refractivity contribution >= 4 is 11.6 Å². The summed E-state index contributed by atoms with van der Waals surface area (Å²) in [7, 11) is 1.73. The summed E-state index contributed by atoms with van der Waals surface area (Å²) < 4.78 is 5.17. The maximum atomic E-state index is 5.95. The lowest BCUT2D eigenvalue weighted by Crippen LogP contribution is -2.32. The summed E-state index contributed by atoms with van der Waals surface area (Å²) in [5, 5.41) is 4.25. The van der Waals surface area contributed by atoms with Crippen LogP contribution < -0.4 is 5.32 Å². The average Bonchev–Trinajstić information content (AvgIpc) is 2.18. The van der Waals surface area contributed by atoms with Crippen molar-refractivity contribution in [3.05, 3.63) is 34.3 Å². The minimum atomic E-state index is 0.320. The monoisotopic (exact) mass is 211 g/mol. The van der Waals surface area contributed by atoms with Crippen LogP contribution in [-0.4, -0.2) is 20.3 Å². The van der Waals surface area contributed by atoms with E-state index in [2.05, 4.69) is 17.4 Å². The average molecular weight is 212 g/mol. The summed E-state index contributed by atoms with van der Waals surface area (Å²) in [6, 6.07) is 6.41. The molecule has 1 atom stereocenters. The number of halogens is 1. The van der Waals surface area contributed by atoms with E-state index in [9.17, 15) is 0 Å². The van der Waals surface area contributed by atoms with Crippen LogP contribution in [-0.2, 0) is 11.2 Å². The molecule has 0 radical (unpaired) electrons. The van der Waals surface area contributed by atoms with Gasteiger partial charge in [0, 0.05) is 12.1 Å². The summed E-state index contributed by atoms with van der Waals surface area (Å²) >= 11 is 5.95. The lowest BCUT2D eigenvalue weighted by molar-refractivity contribution is 0.164. The molecule has 1 N–H and O–H groups in total. The van der Waals surface area contributed by atoms with Gasteiger partial charge in [-0.25, -0.2) is 0 Å². The van der Waals surface area contributed by atoms with E-state index in [4.69, 9.17) is 16.3 Å². The van der Waals surface area contributed by atoms with Gasteiger partial charge in [0.05, 0.1) is 12.6 Å². The molecule has 0 saturated carbocycles. The molecule has 1 aromatic rings. The van der Waals surface area contributed by atoms with E-state index in [0.29, 0.717) is 12.6 Å². The van der Waals surface area contributed by atoms with Crippen molar-refractivity contribution in [2.75, 3.05) is 20.3 Å². The Morgan fingerprint density at radius 3 is 3.21 bits per heavy atom. The van der Waals surface area contributed by atoms with Gasteiger partial charge in [-0.05, 0) is 36.2 Å². The number of methoxy groups -OCH3 is 1. The van der Waals surface area contributed by atoms with Gasteiger partial charge in [-0.15, -0.1) is 0 Å². The maximum Gasteiger partial charge on any atom is 0.0657 e. The topological polar surface area (TPSA) is 21.3 Å². The predicted molar refractivity (Wildman–Crippen MR) is 57.8 cm³/mol. The smallest absolute Gasteiger partial charge is 0.0657 e. The zero-order valence-electron chi connectivity index (χ0n) is 8.22. The first kappa shape index (κ1) is 9.97. The molecule has 1 aliphatic heterocycles. The minimum Gasteiger partial charge on any atom is -0.383 e. The Bertz CT molecular complexity index is 327. The zero-order chi connectivity index (χ0) is 9.97. The highest BCUT2D eigenvalue weighted by Gasteiger charge is 2.19. The van der Waals surface area contributed by atoms with Crippen LogP contribution >= 0.6 is 11.6 Å². The summed E-state index contributed by atoms with van der Waals surface area (Å²) in [4.78, 5) is 0. The third-order valence-corrected chi connectivity index (χ3v) is 2.83. The summed E-state index contributed by atoms with van der Waals surface area (Å²) in [5.74, 6) is 0. The molecular formula is C11H14ClNO. The third kappa shape index (κ3) is 1.92. The Labute approximate surface area is 89.2 Å². The molecule has 0 aliphatic carbocycles. The molecule has 14 heavy (non-hydrogen) atoms. The number of nitrogens with one attached hydrogen (secondary N) is 1. The normalized spacial score (nSPS) is 20.6. The zero-order valence-corrected chi connectivity index (χ0v) is 8.97. The van der Waals surface area contributed by atoms with Crippen LogP contribution in [0.25, 0.3) is 0 Å². The molecule has 0 spiro atoms. The van der Waals surface area contributed by atoms with Crippen LogP contribution in [0.5, 0.6) is 0 Å². The van der Waals surface area contributed by atoms with Gasteiger partial charge in [-0.3, -0.25) is 0 Å². The highest BCUT2D eigenvalue weighted by molar-refractivity contribution is 6.30. The van der Waals surface area contributed by atoms with Gasteiger partial charge in [0.2, 0.25) is 0 Å². The van der Waals surface area contributed by atoms with Crippen LogP contribution in [0.1, 0.15) is 17.2 Å². The molecule has 2 nitrogen and oxygen atoms in total. The van der Waals surface area contributed by atoms with Crippen molar-refractivity contribution in [2.24, 2.45) is 0 Å². The summed E-state index contributed by atoms with van der Waals surface area (Å²) in [6.45, 7) is 1.72.